The van der Waals surface area contributed by atoms with E-state index in [2.05, 4.69) is 15.0 Å². The van der Waals surface area contributed by atoms with Crippen molar-refractivity contribution < 1.29 is 18.3 Å². The molecule has 0 amide bonds. The second-order valence-corrected chi connectivity index (χ2v) is 4.45. The Labute approximate surface area is 120 Å². The molecule has 0 saturated heterocycles. The molecule has 0 fully saturated rings. The molecule has 1 heterocycles. The Hall–Kier alpha value is -2.35. The largest absolute Gasteiger partial charge is 0.496 e. The summed E-state index contributed by atoms with van der Waals surface area (Å²) in [7, 11) is 1.39. The number of halogens is 2. The fourth-order valence-electron chi connectivity index (χ4n) is 2.03. The van der Waals surface area contributed by atoms with Crippen LogP contribution in [0.4, 0.5) is 8.78 Å². The van der Waals surface area contributed by atoms with Crippen LogP contribution in [-0.2, 0) is 5.66 Å². The fourth-order valence-corrected chi connectivity index (χ4v) is 2.03. The smallest absolute Gasteiger partial charge is 0.387 e. The van der Waals surface area contributed by atoms with E-state index in [0.29, 0.717) is 11.4 Å². The molecule has 0 spiro atoms. The van der Waals surface area contributed by atoms with E-state index in [1.807, 2.05) is 0 Å². The second-order valence-electron chi connectivity index (χ2n) is 4.45. The number of hydrogen-bond donors (Lipinski definition) is 3. The Kier molecular flexibility index (Phi) is 3.99. The number of amidine groups is 1. The number of methoxy groups -OCH3 is 1. The van der Waals surface area contributed by atoms with Gasteiger partial charge in [-0.15, -0.1) is 0 Å². The van der Waals surface area contributed by atoms with Crippen molar-refractivity contribution in [1.82, 2.24) is 5.32 Å². The summed E-state index contributed by atoms with van der Waals surface area (Å²) in [5.74, 6) is 0.790. The maximum atomic E-state index is 12.3. The van der Waals surface area contributed by atoms with Gasteiger partial charge in [-0.05, 0) is 19.1 Å². The lowest BCUT2D eigenvalue weighted by Crippen LogP contribution is -2.45. The zero-order chi connectivity index (χ0) is 15.6. The standard InChI is InChI=1S/C13H16F2N4O2/c1-7-18-6-11(16)13(17,19-7)9-4-3-8(21-12(14)15)5-10(9)20-2/h3-6,12H,16-17H2,1-2H3,(H,18,19). The highest BCUT2D eigenvalue weighted by atomic mass is 19.3. The van der Waals surface area contributed by atoms with Gasteiger partial charge in [0, 0.05) is 17.8 Å². The fraction of sp³-hybridized carbons (Fsp3) is 0.308. The molecule has 0 radical (unpaired) electrons. The van der Waals surface area contributed by atoms with Crippen molar-refractivity contribution in [3.05, 3.63) is 35.7 Å². The van der Waals surface area contributed by atoms with Crippen LogP contribution in [0, 0.1) is 0 Å². The van der Waals surface area contributed by atoms with Gasteiger partial charge in [0.2, 0.25) is 0 Å². The molecule has 2 rings (SSSR count). The SMILES string of the molecule is COc1cc(OC(F)F)ccc1C1(N)N=C(C)NC=C1N. The molecule has 8 heteroatoms. The van der Waals surface area contributed by atoms with Crippen LogP contribution in [0.3, 0.4) is 0 Å². The van der Waals surface area contributed by atoms with Gasteiger partial charge in [-0.3, -0.25) is 5.73 Å². The molecule has 114 valence electrons. The minimum absolute atomic E-state index is 0.0358. The third-order valence-electron chi connectivity index (χ3n) is 3.03. The van der Waals surface area contributed by atoms with Crippen molar-refractivity contribution in [2.75, 3.05) is 7.11 Å². The van der Waals surface area contributed by atoms with Gasteiger partial charge < -0.3 is 20.5 Å². The molecule has 6 nitrogen and oxygen atoms in total. The Balaban J connectivity index is 2.48. The van der Waals surface area contributed by atoms with Crippen LogP contribution in [-0.4, -0.2) is 19.6 Å². The molecule has 1 aliphatic rings. The summed E-state index contributed by atoms with van der Waals surface area (Å²) in [5, 5.41) is 2.85. The lowest BCUT2D eigenvalue weighted by atomic mass is 9.95. The summed E-state index contributed by atoms with van der Waals surface area (Å²) in [6.45, 7) is -1.19. The van der Waals surface area contributed by atoms with E-state index in [9.17, 15) is 8.78 Å². The molecule has 1 unspecified atom stereocenters. The van der Waals surface area contributed by atoms with E-state index in [1.165, 1.54) is 31.5 Å². The van der Waals surface area contributed by atoms with E-state index < -0.39 is 12.3 Å². The van der Waals surface area contributed by atoms with Crippen LogP contribution < -0.4 is 26.3 Å². The summed E-state index contributed by atoms with van der Waals surface area (Å²) in [4.78, 5) is 4.29. The summed E-state index contributed by atoms with van der Waals surface area (Å²) < 4.78 is 34.0. The molecule has 1 atom stereocenters. The topological polar surface area (TPSA) is 94.9 Å². The third-order valence-corrected chi connectivity index (χ3v) is 3.03. The Bertz CT molecular complexity index is 604. The lowest BCUT2D eigenvalue weighted by molar-refractivity contribution is -0.0499. The van der Waals surface area contributed by atoms with Crippen LogP contribution in [0.15, 0.2) is 35.1 Å². The van der Waals surface area contributed by atoms with Gasteiger partial charge in [0.1, 0.15) is 17.3 Å². The summed E-state index contributed by atoms with van der Waals surface area (Å²) in [5.41, 5.74) is 11.6. The first-order valence-corrected chi connectivity index (χ1v) is 6.08. The van der Waals surface area contributed by atoms with Crippen molar-refractivity contribution >= 4 is 5.84 Å². The number of hydrogen-bond acceptors (Lipinski definition) is 6. The summed E-state index contributed by atoms with van der Waals surface area (Å²) in [6.07, 6.45) is 1.53. The van der Waals surface area contributed by atoms with E-state index in [0.717, 1.165) is 0 Å². The molecule has 5 N–H and O–H groups in total. The highest BCUT2D eigenvalue weighted by Crippen LogP contribution is 2.36. The quantitative estimate of drug-likeness (QED) is 0.777. The molecule has 1 aromatic carbocycles. The van der Waals surface area contributed by atoms with Gasteiger partial charge in [-0.25, -0.2) is 4.99 Å². The van der Waals surface area contributed by atoms with E-state index in [4.69, 9.17) is 16.2 Å². The van der Waals surface area contributed by atoms with Crippen molar-refractivity contribution in [3.63, 3.8) is 0 Å². The maximum Gasteiger partial charge on any atom is 0.387 e. The average Bonchev–Trinajstić information content (AvgIpc) is 2.42. The van der Waals surface area contributed by atoms with Crippen LogP contribution in [0.25, 0.3) is 0 Å². The van der Waals surface area contributed by atoms with Gasteiger partial charge >= 0.3 is 6.61 Å². The normalized spacial score (nSPS) is 21.4. The van der Waals surface area contributed by atoms with Crippen LogP contribution in [0.5, 0.6) is 11.5 Å². The number of nitrogens with one attached hydrogen (secondary N) is 1. The first-order valence-electron chi connectivity index (χ1n) is 6.08. The van der Waals surface area contributed by atoms with E-state index in [-0.39, 0.29) is 17.2 Å². The first-order chi connectivity index (χ1) is 9.86. The van der Waals surface area contributed by atoms with Gasteiger partial charge in [0.15, 0.2) is 5.66 Å². The van der Waals surface area contributed by atoms with Gasteiger partial charge in [-0.1, -0.05) is 0 Å². The first kappa shape index (κ1) is 15.0. The van der Waals surface area contributed by atoms with Crippen molar-refractivity contribution in [3.8, 4) is 11.5 Å². The van der Waals surface area contributed by atoms with E-state index >= 15 is 0 Å². The minimum Gasteiger partial charge on any atom is -0.496 e. The molecule has 1 aliphatic heterocycles. The third kappa shape index (κ3) is 2.89. The van der Waals surface area contributed by atoms with Crippen molar-refractivity contribution in [2.24, 2.45) is 16.5 Å². The number of nitrogens with zero attached hydrogens (tertiary/aromatic N) is 1. The molecular weight excluding hydrogens is 282 g/mol. The van der Waals surface area contributed by atoms with E-state index in [1.54, 1.807) is 6.92 Å². The van der Waals surface area contributed by atoms with Gasteiger partial charge in [-0.2, -0.15) is 8.78 Å². The average molecular weight is 298 g/mol. The molecule has 0 aliphatic carbocycles. The zero-order valence-electron chi connectivity index (χ0n) is 11.6. The number of benzene rings is 1. The Morgan fingerprint density at radius 1 is 1.38 bits per heavy atom. The molecule has 21 heavy (non-hydrogen) atoms. The number of alkyl halides is 2. The van der Waals surface area contributed by atoms with Gasteiger partial charge in [0.25, 0.3) is 0 Å². The number of rotatable bonds is 4. The summed E-state index contributed by atoms with van der Waals surface area (Å²) >= 11 is 0. The number of ether oxygens (including phenoxy) is 2. The highest BCUT2D eigenvalue weighted by Gasteiger charge is 2.35. The minimum atomic E-state index is -2.92. The predicted molar refractivity (Wildman–Crippen MR) is 74.0 cm³/mol. The maximum absolute atomic E-state index is 12.3. The number of nitrogens with two attached hydrogens (primary N) is 2. The molecule has 0 aromatic heterocycles. The predicted octanol–water partition coefficient (Wildman–Crippen LogP) is 1.23. The van der Waals surface area contributed by atoms with Crippen LogP contribution in [0.2, 0.25) is 0 Å². The molecule has 0 bridgehead atoms. The second kappa shape index (κ2) is 5.57. The molecule has 1 aromatic rings. The zero-order valence-corrected chi connectivity index (χ0v) is 11.6. The van der Waals surface area contributed by atoms with Crippen LogP contribution >= 0.6 is 0 Å². The Morgan fingerprint density at radius 3 is 2.71 bits per heavy atom. The summed E-state index contributed by atoms with van der Waals surface area (Å²) in [6, 6.07) is 4.18. The Morgan fingerprint density at radius 2 is 2.10 bits per heavy atom. The van der Waals surface area contributed by atoms with Crippen molar-refractivity contribution in [2.45, 2.75) is 19.2 Å². The molecular formula is C13H16F2N4O2. The lowest BCUT2D eigenvalue weighted by Gasteiger charge is -2.31. The van der Waals surface area contributed by atoms with Crippen molar-refractivity contribution in [1.29, 1.82) is 0 Å². The number of aliphatic imine (C=N–C) groups is 1. The van der Waals surface area contributed by atoms with Gasteiger partial charge in [0.05, 0.1) is 12.8 Å². The van der Waals surface area contributed by atoms with Crippen LogP contribution in [0.1, 0.15) is 12.5 Å². The highest BCUT2D eigenvalue weighted by molar-refractivity contribution is 5.82. The molecule has 0 saturated carbocycles. The monoisotopic (exact) mass is 298 g/mol.